The van der Waals surface area contributed by atoms with Crippen molar-refractivity contribution in [2.75, 3.05) is 11.5 Å². The van der Waals surface area contributed by atoms with Crippen LogP contribution in [0.1, 0.15) is 34.5 Å². The van der Waals surface area contributed by atoms with Gasteiger partial charge < -0.3 is 14.8 Å². The van der Waals surface area contributed by atoms with Crippen molar-refractivity contribution in [3.05, 3.63) is 35.1 Å². The number of furan rings is 1. The zero-order valence-electron chi connectivity index (χ0n) is 13.1. The van der Waals surface area contributed by atoms with Crippen LogP contribution in [0.2, 0.25) is 0 Å². The lowest BCUT2D eigenvalue weighted by Crippen LogP contribution is -2.56. The number of carbonyl (C=O) groups is 2. The van der Waals surface area contributed by atoms with Crippen LogP contribution >= 0.6 is 11.8 Å². The van der Waals surface area contributed by atoms with E-state index in [1.165, 1.54) is 0 Å². The number of benzene rings is 1. The highest BCUT2D eigenvalue weighted by atomic mass is 32.2. The smallest absolute Gasteiger partial charge is 0.329 e. The molecule has 3 rings (SSSR count). The zero-order chi connectivity index (χ0) is 16.6. The number of rotatable bonds is 3. The third-order valence-corrected chi connectivity index (χ3v) is 5.45. The number of hydrogen-bond acceptors (Lipinski definition) is 4. The molecule has 5 nitrogen and oxygen atoms in total. The van der Waals surface area contributed by atoms with E-state index >= 15 is 0 Å². The molecule has 0 saturated carbocycles. The molecule has 0 radical (unpaired) electrons. The Hall–Kier alpha value is -1.95. The van der Waals surface area contributed by atoms with Gasteiger partial charge in [-0.2, -0.15) is 11.8 Å². The van der Waals surface area contributed by atoms with Crippen LogP contribution in [0.5, 0.6) is 0 Å². The van der Waals surface area contributed by atoms with E-state index < -0.39 is 17.4 Å². The number of carboxylic acids is 1. The number of thioether (sulfide) groups is 1. The van der Waals surface area contributed by atoms with Crippen molar-refractivity contribution in [2.45, 2.75) is 32.2 Å². The van der Waals surface area contributed by atoms with Crippen LogP contribution < -0.4 is 5.32 Å². The van der Waals surface area contributed by atoms with Crippen molar-refractivity contribution in [1.29, 1.82) is 0 Å². The van der Waals surface area contributed by atoms with E-state index in [0.29, 0.717) is 18.4 Å². The summed E-state index contributed by atoms with van der Waals surface area (Å²) in [6.07, 6.45) is 0.856. The van der Waals surface area contributed by atoms with Crippen LogP contribution in [0.4, 0.5) is 0 Å². The van der Waals surface area contributed by atoms with E-state index in [1.54, 1.807) is 17.8 Å². The monoisotopic (exact) mass is 333 g/mol. The second-order valence-corrected chi connectivity index (χ2v) is 7.26. The van der Waals surface area contributed by atoms with Crippen LogP contribution in [0, 0.1) is 13.8 Å². The molecule has 0 aliphatic carbocycles. The molecule has 1 aromatic carbocycles. The highest BCUT2D eigenvalue weighted by molar-refractivity contribution is 7.99. The Balaban J connectivity index is 1.89. The summed E-state index contributed by atoms with van der Waals surface area (Å²) in [4.78, 5) is 24.1. The highest BCUT2D eigenvalue weighted by Crippen LogP contribution is 2.29. The topological polar surface area (TPSA) is 79.5 Å². The Morgan fingerprint density at radius 1 is 1.17 bits per heavy atom. The third kappa shape index (κ3) is 2.95. The SMILES string of the molecule is Cc1cc2cc(C(=O)NC3(C(=O)O)CCSCC3)oc2cc1C. The van der Waals surface area contributed by atoms with E-state index in [4.69, 9.17) is 4.42 Å². The number of carbonyl (C=O) groups excluding carboxylic acids is 1. The molecule has 0 unspecified atom stereocenters. The average molecular weight is 333 g/mol. The number of nitrogens with one attached hydrogen (secondary N) is 1. The van der Waals surface area contributed by atoms with Crippen molar-refractivity contribution in [3.8, 4) is 0 Å². The lowest BCUT2D eigenvalue weighted by molar-refractivity contribution is -0.144. The summed E-state index contributed by atoms with van der Waals surface area (Å²) in [7, 11) is 0. The predicted octanol–water partition coefficient (Wildman–Crippen LogP) is 3.13. The van der Waals surface area contributed by atoms with Crippen LogP contribution in [0.15, 0.2) is 22.6 Å². The lowest BCUT2D eigenvalue weighted by Gasteiger charge is -2.33. The van der Waals surface area contributed by atoms with Gasteiger partial charge in [0.1, 0.15) is 11.1 Å². The Kier molecular flexibility index (Phi) is 4.10. The van der Waals surface area contributed by atoms with Crippen molar-refractivity contribution < 1.29 is 19.1 Å². The fourth-order valence-corrected chi connectivity index (χ4v) is 4.00. The molecule has 2 heterocycles. The molecule has 1 fully saturated rings. The Labute approximate surface area is 138 Å². The first-order chi connectivity index (χ1) is 10.9. The van der Waals surface area contributed by atoms with E-state index in [2.05, 4.69) is 5.32 Å². The van der Waals surface area contributed by atoms with Gasteiger partial charge in [0.2, 0.25) is 0 Å². The highest BCUT2D eigenvalue weighted by Gasteiger charge is 2.41. The largest absolute Gasteiger partial charge is 0.480 e. The Morgan fingerprint density at radius 2 is 1.83 bits per heavy atom. The number of hydrogen-bond donors (Lipinski definition) is 2. The van der Waals surface area contributed by atoms with Gasteiger partial charge in [0.05, 0.1) is 0 Å². The molecule has 0 spiro atoms. The maximum absolute atomic E-state index is 12.5. The lowest BCUT2D eigenvalue weighted by atomic mass is 9.92. The normalized spacial score (nSPS) is 17.1. The fraction of sp³-hybridized carbons (Fsp3) is 0.412. The Bertz CT molecular complexity index is 735. The summed E-state index contributed by atoms with van der Waals surface area (Å²) in [6, 6.07) is 5.53. The van der Waals surface area contributed by atoms with E-state index in [-0.39, 0.29) is 5.76 Å². The molecular formula is C17H19NO4S. The molecule has 1 aromatic heterocycles. The van der Waals surface area contributed by atoms with Gasteiger partial charge in [0.25, 0.3) is 5.91 Å². The molecular weight excluding hydrogens is 314 g/mol. The summed E-state index contributed by atoms with van der Waals surface area (Å²) >= 11 is 1.71. The van der Waals surface area contributed by atoms with Crippen LogP contribution in [-0.4, -0.2) is 34.0 Å². The number of carboxylic acid groups (broad SMARTS) is 1. The van der Waals surface area contributed by atoms with Crippen molar-refractivity contribution in [1.82, 2.24) is 5.32 Å². The molecule has 23 heavy (non-hydrogen) atoms. The average Bonchev–Trinajstić information content (AvgIpc) is 2.91. The maximum atomic E-state index is 12.5. The molecule has 1 saturated heterocycles. The van der Waals surface area contributed by atoms with Gasteiger partial charge in [0, 0.05) is 5.39 Å². The molecule has 0 atom stereocenters. The zero-order valence-corrected chi connectivity index (χ0v) is 14.0. The molecule has 2 aromatic rings. The molecule has 122 valence electrons. The van der Waals surface area contributed by atoms with Gasteiger partial charge in [-0.1, -0.05) is 0 Å². The minimum atomic E-state index is -1.19. The van der Waals surface area contributed by atoms with Crippen LogP contribution in [0.3, 0.4) is 0 Å². The molecule has 6 heteroatoms. The van der Waals surface area contributed by atoms with Crippen LogP contribution in [-0.2, 0) is 4.79 Å². The minimum Gasteiger partial charge on any atom is -0.480 e. The fourth-order valence-electron chi connectivity index (χ4n) is 2.81. The van der Waals surface area contributed by atoms with Gasteiger partial charge in [0.15, 0.2) is 5.76 Å². The molecule has 2 N–H and O–H groups in total. The van der Waals surface area contributed by atoms with Gasteiger partial charge in [-0.25, -0.2) is 4.79 Å². The van der Waals surface area contributed by atoms with E-state index in [0.717, 1.165) is 28.0 Å². The van der Waals surface area contributed by atoms with Crippen LogP contribution in [0.25, 0.3) is 11.0 Å². The predicted molar refractivity (Wildman–Crippen MR) is 90.1 cm³/mol. The summed E-state index contributed by atoms with van der Waals surface area (Å²) in [5.74, 6) is 0.166. The molecule has 1 aliphatic heterocycles. The standard InChI is InChI=1S/C17H19NO4S/c1-10-7-12-9-14(22-13(12)8-11(10)2)15(19)18-17(16(20)21)3-5-23-6-4-17/h7-9H,3-6H2,1-2H3,(H,18,19)(H,20,21). The minimum absolute atomic E-state index is 0.156. The number of aliphatic carboxylic acids is 1. The molecule has 1 aliphatic rings. The second-order valence-electron chi connectivity index (χ2n) is 6.04. The quantitative estimate of drug-likeness (QED) is 0.902. The maximum Gasteiger partial charge on any atom is 0.329 e. The van der Waals surface area contributed by atoms with Gasteiger partial charge >= 0.3 is 5.97 Å². The van der Waals surface area contributed by atoms with Gasteiger partial charge in [-0.3, -0.25) is 4.79 Å². The summed E-state index contributed by atoms with van der Waals surface area (Å²) in [5.41, 5.74) is 1.66. The molecule has 0 bridgehead atoms. The number of aryl methyl sites for hydroxylation is 2. The van der Waals surface area contributed by atoms with Crippen molar-refractivity contribution >= 4 is 34.6 Å². The molecule has 1 amide bonds. The first-order valence-electron chi connectivity index (χ1n) is 7.56. The second kappa shape index (κ2) is 5.92. The summed E-state index contributed by atoms with van der Waals surface area (Å²) in [5, 5.41) is 13.1. The van der Waals surface area contributed by atoms with E-state index in [9.17, 15) is 14.7 Å². The number of amides is 1. The Morgan fingerprint density at radius 3 is 2.48 bits per heavy atom. The van der Waals surface area contributed by atoms with Crippen molar-refractivity contribution in [3.63, 3.8) is 0 Å². The third-order valence-electron chi connectivity index (χ3n) is 4.46. The van der Waals surface area contributed by atoms with Gasteiger partial charge in [-0.15, -0.1) is 0 Å². The summed E-state index contributed by atoms with van der Waals surface area (Å²) < 4.78 is 5.62. The van der Waals surface area contributed by atoms with E-state index in [1.807, 2.05) is 26.0 Å². The number of fused-ring (bicyclic) bond motifs is 1. The van der Waals surface area contributed by atoms with Crippen molar-refractivity contribution in [2.24, 2.45) is 0 Å². The van der Waals surface area contributed by atoms with Gasteiger partial charge in [-0.05, 0) is 67.5 Å². The first-order valence-corrected chi connectivity index (χ1v) is 8.71. The first kappa shape index (κ1) is 15.9. The summed E-state index contributed by atoms with van der Waals surface area (Å²) in [6.45, 7) is 3.98.